The molecule has 0 fully saturated rings. The lowest BCUT2D eigenvalue weighted by molar-refractivity contribution is -0.267. The number of nitrogens with one attached hydrogen (secondary N) is 1. The van der Waals surface area contributed by atoms with E-state index in [0.29, 0.717) is 6.07 Å². The first-order valence-electron chi connectivity index (χ1n) is 6.03. The maximum Gasteiger partial charge on any atom is 0.463 e. The number of anilines is 1. The van der Waals surface area contributed by atoms with Gasteiger partial charge in [-0.15, -0.1) is 0 Å². The highest BCUT2D eigenvalue weighted by Crippen LogP contribution is 2.41. The van der Waals surface area contributed by atoms with Gasteiger partial charge >= 0.3 is 30.1 Å². The van der Waals surface area contributed by atoms with E-state index in [1.165, 1.54) is 0 Å². The summed E-state index contributed by atoms with van der Waals surface area (Å²) >= 11 is -0.638. The summed E-state index contributed by atoms with van der Waals surface area (Å²) in [5, 5.41) is -1.53. The third-order valence-electron chi connectivity index (χ3n) is 2.56. The standard InChI is InChI=1S/C12H5F10NO2S/c13-9(14,11(17,18)19)7(24)23-5-2-1-3-6(4-5)26-8(25)10(15,16)12(20,21)22/h1-4H,(H,23,24). The molecule has 1 amide bonds. The van der Waals surface area contributed by atoms with Crippen molar-refractivity contribution in [1.29, 1.82) is 0 Å². The summed E-state index contributed by atoms with van der Waals surface area (Å²) in [7, 11) is 0. The SMILES string of the molecule is O=C(Nc1cccc(SC(=O)C(F)(F)C(F)(F)F)c1)C(F)(F)C(F)(F)F. The van der Waals surface area contributed by atoms with E-state index in [1.807, 2.05) is 0 Å². The lowest BCUT2D eigenvalue weighted by Gasteiger charge is -2.19. The molecule has 1 aromatic rings. The van der Waals surface area contributed by atoms with E-state index in [0.717, 1.165) is 23.5 Å². The fourth-order valence-corrected chi connectivity index (χ4v) is 2.05. The molecule has 0 spiro atoms. The van der Waals surface area contributed by atoms with E-state index in [9.17, 15) is 53.5 Å². The molecule has 0 bridgehead atoms. The molecule has 0 unspecified atom stereocenters. The van der Waals surface area contributed by atoms with E-state index >= 15 is 0 Å². The van der Waals surface area contributed by atoms with Crippen LogP contribution in [-0.4, -0.2) is 35.2 Å². The summed E-state index contributed by atoms with van der Waals surface area (Å²) in [6, 6.07) is 2.84. The van der Waals surface area contributed by atoms with Crippen LogP contribution in [0.5, 0.6) is 0 Å². The van der Waals surface area contributed by atoms with Crippen LogP contribution in [0.2, 0.25) is 0 Å². The molecule has 1 aromatic carbocycles. The predicted molar refractivity (Wildman–Crippen MR) is 67.9 cm³/mol. The molecule has 0 aliphatic heterocycles. The van der Waals surface area contributed by atoms with E-state index in [1.54, 1.807) is 0 Å². The van der Waals surface area contributed by atoms with Crippen molar-refractivity contribution in [3.8, 4) is 0 Å². The average molecular weight is 417 g/mol. The van der Waals surface area contributed by atoms with Gasteiger partial charge in [-0.2, -0.15) is 43.9 Å². The van der Waals surface area contributed by atoms with Crippen molar-refractivity contribution >= 4 is 28.5 Å². The Kier molecular flexibility index (Phi) is 5.91. The van der Waals surface area contributed by atoms with E-state index in [-0.39, 0.29) is 0 Å². The van der Waals surface area contributed by atoms with Crippen molar-refractivity contribution in [2.24, 2.45) is 0 Å². The minimum Gasteiger partial charge on any atom is -0.320 e. The Morgan fingerprint density at radius 2 is 1.31 bits per heavy atom. The van der Waals surface area contributed by atoms with Gasteiger partial charge in [0.2, 0.25) is 0 Å². The molecule has 26 heavy (non-hydrogen) atoms. The summed E-state index contributed by atoms with van der Waals surface area (Å²) in [6.45, 7) is 0. The largest absolute Gasteiger partial charge is 0.463 e. The summed E-state index contributed by atoms with van der Waals surface area (Å²) in [5.41, 5.74) is -0.785. The van der Waals surface area contributed by atoms with Crippen molar-refractivity contribution in [2.45, 2.75) is 29.1 Å². The Morgan fingerprint density at radius 1 is 0.808 bits per heavy atom. The number of thioether (sulfide) groups is 1. The van der Waals surface area contributed by atoms with E-state index < -0.39 is 57.6 Å². The zero-order chi connectivity index (χ0) is 20.6. The number of amides is 1. The molecule has 14 heteroatoms. The van der Waals surface area contributed by atoms with Crippen molar-refractivity contribution in [1.82, 2.24) is 0 Å². The normalized spacial score (nSPS) is 13.5. The second-order valence-electron chi connectivity index (χ2n) is 4.52. The third kappa shape index (κ3) is 4.59. The van der Waals surface area contributed by atoms with Gasteiger partial charge in [0.1, 0.15) is 0 Å². The van der Waals surface area contributed by atoms with E-state index in [4.69, 9.17) is 0 Å². The summed E-state index contributed by atoms with van der Waals surface area (Å²) in [5.74, 6) is -14.3. The number of carbonyl (C=O) groups is 2. The van der Waals surface area contributed by atoms with Crippen LogP contribution in [0.15, 0.2) is 29.2 Å². The maximum absolute atomic E-state index is 12.8. The number of halogens is 10. The molecule has 0 aromatic heterocycles. The smallest absolute Gasteiger partial charge is 0.320 e. The number of hydrogen-bond acceptors (Lipinski definition) is 3. The van der Waals surface area contributed by atoms with Crippen LogP contribution < -0.4 is 5.32 Å². The molecule has 0 saturated heterocycles. The molecule has 0 heterocycles. The number of benzene rings is 1. The van der Waals surface area contributed by atoms with E-state index in [2.05, 4.69) is 0 Å². The Hall–Kier alpha value is -1.99. The molecule has 0 radical (unpaired) electrons. The Morgan fingerprint density at radius 3 is 1.77 bits per heavy atom. The molecule has 0 aliphatic carbocycles. The van der Waals surface area contributed by atoms with Gasteiger partial charge in [-0.25, -0.2) is 0 Å². The summed E-state index contributed by atoms with van der Waals surface area (Å²) < 4.78 is 123. The minimum absolute atomic E-state index is 0.472. The fraction of sp³-hybridized carbons (Fsp3) is 0.333. The first kappa shape index (κ1) is 22.1. The summed E-state index contributed by atoms with van der Waals surface area (Å²) in [6.07, 6.45) is -12.4. The topological polar surface area (TPSA) is 46.2 Å². The average Bonchev–Trinajstić information content (AvgIpc) is 2.44. The lowest BCUT2D eigenvalue weighted by Crippen LogP contribution is -2.47. The van der Waals surface area contributed by atoms with Crippen LogP contribution >= 0.6 is 11.8 Å². The van der Waals surface area contributed by atoms with Gasteiger partial charge in [-0.05, 0) is 30.0 Å². The zero-order valence-corrected chi connectivity index (χ0v) is 12.6. The molecule has 0 aliphatic rings. The maximum atomic E-state index is 12.8. The summed E-state index contributed by atoms with van der Waals surface area (Å²) in [4.78, 5) is 21.4. The van der Waals surface area contributed by atoms with Crippen LogP contribution in [-0.2, 0) is 9.59 Å². The molecule has 146 valence electrons. The third-order valence-corrected chi connectivity index (χ3v) is 3.49. The molecular weight excluding hydrogens is 412 g/mol. The second kappa shape index (κ2) is 6.96. The van der Waals surface area contributed by atoms with Crippen molar-refractivity contribution in [2.75, 3.05) is 5.32 Å². The van der Waals surface area contributed by atoms with Gasteiger partial charge in [0, 0.05) is 10.6 Å². The highest BCUT2D eigenvalue weighted by molar-refractivity contribution is 8.13. The molecule has 0 atom stereocenters. The van der Waals surface area contributed by atoms with Gasteiger partial charge < -0.3 is 5.32 Å². The Balaban J connectivity index is 2.97. The Labute approximate surface area is 141 Å². The van der Waals surface area contributed by atoms with Crippen LogP contribution in [0.1, 0.15) is 0 Å². The van der Waals surface area contributed by atoms with Gasteiger partial charge in [0.25, 0.3) is 5.12 Å². The van der Waals surface area contributed by atoms with Gasteiger partial charge in [-0.1, -0.05) is 6.07 Å². The first-order valence-corrected chi connectivity index (χ1v) is 6.84. The number of carbonyl (C=O) groups excluding carboxylic acids is 2. The van der Waals surface area contributed by atoms with Crippen molar-refractivity contribution < 1.29 is 53.5 Å². The molecular formula is C12H5F10NO2S. The number of hydrogen-bond donors (Lipinski definition) is 1. The molecule has 3 nitrogen and oxygen atoms in total. The highest BCUT2D eigenvalue weighted by atomic mass is 32.2. The molecule has 1 N–H and O–H groups in total. The predicted octanol–water partition coefficient (Wildman–Crippen LogP) is 4.64. The van der Waals surface area contributed by atoms with Crippen LogP contribution in [0.4, 0.5) is 49.6 Å². The second-order valence-corrected chi connectivity index (χ2v) is 5.56. The highest BCUT2D eigenvalue weighted by Gasteiger charge is 2.64. The first-order chi connectivity index (χ1) is 11.5. The minimum atomic E-state index is -6.21. The molecule has 1 rings (SSSR count). The number of rotatable bonds is 4. The van der Waals surface area contributed by atoms with Crippen molar-refractivity contribution in [3.05, 3.63) is 24.3 Å². The quantitative estimate of drug-likeness (QED) is 0.574. The van der Waals surface area contributed by atoms with Gasteiger partial charge in [-0.3, -0.25) is 9.59 Å². The van der Waals surface area contributed by atoms with Crippen molar-refractivity contribution in [3.63, 3.8) is 0 Å². The van der Waals surface area contributed by atoms with Crippen LogP contribution in [0, 0.1) is 0 Å². The van der Waals surface area contributed by atoms with Gasteiger partial charge in [0.15, 0.2) is 0 Å². The zero-order valence-electron chi connectivity index (χ0n) is 11.8. The Bertz CT molecular complexity index is 643. The molecule has 0 saturated carbocycles. The van der Waals surface area contributed by atoms with Gasteiger partial charge in [0.05, 0.1) is 0 Å². The van der Waals surface area contributed by atoms with Crippen LogP contribution in [0.25, 0.3) is 0 Å². The lowest BCUT2D eigenvalue weighted by atomic mass is 10.2. The monoisotopic (exact) mass is 417 g/mol. The van der Waals surface area contributed by atoms with Crippen LogP contribution in [0.3, 0.4) is 0 Å². The fourth-order valence-electron chi connectivity index (χ4n) is 1.26. The number of alkyl halides is 10.